The molecule has 0 amide bonds. The summed E-state index contributed by atoms with van der Waals surface area (Å²) in [7, 11) is 0. The van der Waals surface area contributed by atoms with Gasteiger partial charge in [0.05, 0.1) is 11.4 Å². The highest BCUT2D eigenvalue weighted by Gasteiger charge is 2.03. The number of hydrogen-bond donors (Lipinski definition) is 0. The highest BCUT2D eigenvalue weighted by Crippen LogP contribution is 2.16. The Balaban J connectivity index is 2.16. The molecule has 21 heavy (non-hydrogen) atoms. The van der Waals surface area contributed by atoms with Crippen LogP contribution in [0.15, 0.2) is 70.6 Å². The van der Waals surface area contributed by atoms with Crippen molar-refractivity contribution in [1.82, 2.24) is 0 Å². The lowest BCUT2D eigenvalue weighted by atomic mass is 10.1. The molecule has 0 unspecified atom stereocenters. The van der Waals surface area contributed by atoms with Gasteiger partial charge in [-0.15, -0.1) is 0 Å². The second-order valence-corrected chi connectivity index (χ2v) is 4.91. The fraction of sp³-hybridized carbons (Fsp3) is 0.263. The SMILES string of the molecule is CC/C(C/C(CC)=N/c1ccccc1)=N/c1ccccc1. The molecular formula is C19H22N2. The van der Waals surface area contributed by atoms with Crippen molar-refractivity contribution >= 4 is 22.8 Å². The summed E-state index contributed by atoms with van der Waals surface area (Å²) in [5.41, 5.74) is 4.39. The van der Waals surface area contributed by atoms with E-state index in [2.05, 4.69) is 13.8 Å². The summed E-state index contributed by atoms with van der Waals surface area (Å²) in [5, 5.41) is 0. The highest BCUT2D eigenvalue weighted by molar-refractivity contribution is 6.05. The van der Waals surface area contributed by atoms with E-state index in [0.29, 0.717) is 0 Å². The number of nitrogens with zero attached hydrogens (tertiary/aromatic N) is 2. The van der Waals surface area contributed by atoms with Crippen LogP contribution >= 0.6 is 0 Å². The van der Waals surface area contributed by atoms with Crippen LogP contribution in [0.4, 0.5) is 11.4 Å². The Morgan fingerprint density at radius 1 is 0.667 bits per heavy atom. The number of rotatable bonds is 6. The van der Waals surface area contributed by atoms with E-state index in [9.17, 15) is 0 Å². The summed E-state index contributed by atoms with van der Waals surface area (Å²) in [4.78, 5) is 9.48. The van der Waals surface area contributed by atoms with Gasteiger partial charge >= 0.3 is 0 Å². The summed E-state index contributed by atoms with van der Waals surface area (Å²) in [6.45, 7) is 4.30. The molecule has 0 aliphatic rings. The first-order valence-electron chi connectivity index (χ1n) is 7.54. The molecule has 2 heteroatoms. The van der Waals surface area contributed by atoms with Gasteiger partial charge in [-0.1, -0.05) is 50.2 Å². The summed E-state index contributed by atoms with van der Waals surface area (Å²) < 4.78 is 0. The van der Waals surface area contributed by atoms with Crippen molar-refractivity contribution in [3.05, 3.63) is 60.7 Å². The predicted molar refractivity (Wildman–Crippen MR) is 92.3 cm³/mol. The first-order valence-corrected chi connectivity index (χ1v) is 7.54. The zero-order valence-corrected chi connectivity index (χ0v) is 12.8. The third-order valence-electron chi connectivity index (χ3n) is 3.31. The first kappa shape index (κ1) is 15.2. The molecule has 0 N–H and O–H groups in total. The minimum atomic E-state index is 0.844. The van der Waals surface area contributed by atoms with Crippen molar-refractivity contribution in [2.45, 2.75) is 33.1 Å². The standard InChI is InChI=1S/C19H22N2/c1-3-16(20-18-11-7-5-8-12-18)15-17(4-2)21-19-13-9-6-10-14-19/h5-14H,3-4,15H2,1-2H3/b20-16-,21-17+. The maximum absolute atomic E-state index is 4.74. The molecule has 0 saturated heterocycles. The van der Waals surface area contributed by atoms with E-state index in [1.54, 1.807) is 0 Å². The molecule has 2 rings (SSSR count). The lowest BCUT2D eigenvalue weighted by molar-refractivity contribution is 1.17. The normalized spacial score (nSPS) is 12.5. The third-order valence-corrected chi connectivity index (χ3v) is 3.31. The van der Waals surface area contributed by atoms with E-state index in [0.717, 1.165) is 30.6 Å². The van der Waals surface area contributed by atoms with E-state index in [1.165, 1.54) is 11.4 Å². The Morgan fingerprint density at radius 3 is 1.38 bits per heavy atom. The van der Waals surface area contributed by atoms with Crippen molar-refractivity contribution in [3.63, 3.8) is 0 Å². The van der Waals surface area contributed by atoms with Crippen LogP contribution in [-0.4, -0.2) is 11.4 Å². The van der Waals surface area contributed by atoms with E-state index in [4.69, 9.17) is 9.98 Å². The van der Waals surface area contributed by atoms with E-state index in [1.807, 2.05) is 60.7 Å². The van der Waals surface area contributed by atoms with Crippen LogP contribution in [0.2, 0.25) is 0 Å². The smallest absolute Gasteiger partial charge is 0.0629 e. The van der Waals surface area contributed by atoms with Gasteiger partial charge in [0.25, 0.3) is 0 Å². The molecule has 2 nitrogen and oxygen atoms in total. The van der Waals surface area contributed by atoms with Gasteiger partial charge in [-0.25, -0.2) is 0 Å². The van der Waals surface area contributed by atoms with Crippen molar-refractivity contribution in [3.8, 4) is 0 Å². The topological polar surface area (TPSA) is 24.7 Å². The number of para-hydroxylation sites is 2. The van der Waals surface area contributed by atoms with Crippen LogP contribution in [0.1, 0.15) is 33.1 Å². The zero-order valence-electron chi connectivity index (χ0n) is 12.8. The van der Waals surface area contributed by atoms with Crippen molar-refractivity contribution in [2.75, 3.05) is 0 Å². The van der Waals surface area contributed by atoms with Crippen molar-refractivity contribution < 1.29 is 0 Å². The molecule has 0 fully saturated rings. The molecule has 108 valence electrons. The second-order valence-electron chi connectivity index (χ2n) is 4.91. The van der Waals surface area contributed by atoms with Gasteiger partial charge in [0.15, 0.2) is 0 Å². The number of aliphatic imine (C=N–C) groups is 2. The first-order chi connectivity index (χ1) is 10.3. The fourth-order valence-corrected chi connectivity index (χ4v) is 2.09. The quantitative estimate of drug-likeness (QED) is 0.602. The molecule has 0 aromatic heterocycles. The van der Waals surface area contributed by atoms with E-state index >= 15 is 0 Å². The predicted octanol–water partition coefficient (Wildman–Crippen LogP) is 5.74. The Morgan fingerprint density at radius 2 is 1.05 bits per heavy atom. The molecule has 0 saturated carbocycles. The molecule has 2 aromatic carbocycles. The highest BCUT2D eigenvalue weighted by atomic mass is 14.8. The monoisotopic (exact) mass is 278 g/mol. The summed E-state index contributed by atoms with van der Waals surface area (Å²) in [6.07, 6.45) is 2.74. The molecule has 0 atom stereocenters. The van der Waals surface area contributed by atoms with Crippen molar-refractivity contribution in [2.24, 2.45) is 9.98 Å². The number of benzene rings is 2. The van der Waals surface area contributed by atoms with Gasteiger partial charge in [-0.3, -0.25) is 9.98 Å². The minimum Gasteiger partial charge on any atom is -0.257 e. The van der Waals surface area contributed by atoms with Gasteiger partial charge < -0.3 is 0 Å². The Labute approximate surface area is 127 Å². The molecule has 0 heterocycles. The molecular weight excluding hydrogens is 256 g/mol. The maximum atomic E-state index is 4.74. The lowest BCUT2D eigenvalue weighted by Crippen LogP contribution is -2.06. The maximum Gasteiger partial charge on any atom is 0.0629 e. The van der Waals surface area contributed by atoms with Crippen LogP contribution in [-0.2, 0) is 0 Å². The largest absolute Gasteiger partial charge is 0.257 e. The third kappa shape index (κ3) is 4.99. The minimum absolute atomic E-state index is 0.844. The van der Waals surface area contributed by atoms with Crippen LogP contribution in [0, 0.1) is 0 Å². The second kappa shape index (κ2) is 8.15. The van der Waals surface area contributed by atoms with Gasteiger partial charge in [0.1, 0.15) is 0 Å². The number of hydrogen-bond acceptors (Lipinski definition) is 2. The van der Waals surface area contributed by atoms with Gasteiger partial charge in [-0.05, 0) is 37.1 Å². The van der Waals surface area contributed by atoms with E-state index in [-0.39, 0.29) is 0 Å². The Hall–Kier alpha value is -2.22. The molecule has 0 aliphatic heterocycles. The van der Waals surface area contributed by atoms with Crippen LogP contribution < -0.4 is 0 Å². The molecule has 0 spiro atoms. The fourth-order valence-electron chi connectivity index (χ4n) is 2.09. The van der Waals surface area contributed by atoms with Gasteiger partial charge in [0.2, 0.25) is 0 Å². The van der Waals surface area contributed by atoms with Crippen molar-refractivity contribution in [1.29, 1.82) is 0 Å². The summed E-state index contributed by atoms with van der Waals surface area (Å²) in [5.74, 6) is 0. The zero-order chi connectivity index (χ0) is 14.9. The Bertz CT molecular complexity index is 542. The van der Waals surface area contributed by atoms with Gasteiger partial charge in [-0.2, -0.15) is 0 Å². The summed E-state index contributed by atoms with van der Waals surface area (Å²) >= 11 is 0. The average Bonchev–Trinajstić information content (AvgIpc) is 2.55. The molecule has 0 aliphatic carbocycles. The molecule has 0 radical (unpaired) electrons. The summed E-state index contributed by atoms with van der Waals surface area (Å²) in [6, 6.07) is 20.3. The Kier molecular flexibility index (Phi) is 5.89. The average molecular weight is 278 g/mol. The lowest BCUT2D eigenvalue weighted by Gasteiger charge is -2.07. The van der Waals surface area contributed by atoms with Crippen LogP contribution in [0.5, 0.6) is 0 Å². The molecule has 0 bridgehead atoms. The van der Waals surface area contributed by atoms with Gasteiger partial charge in [0, 0.05) is 17.8 Å². The van der Waals surface area contributed by atoms with Crippen LogP contribution in [0.25, 0.3) is 0 Å². The molecule has 2 aromatic rings. The van der Waals surface area contributed by atoms with E-state index < -0.39 is 0 Å². The van der Waals surface area contributed by atoms with Crippen LogP contribution in [0.3, 0.4) is 0 Å².